The molecule has 0 fully saturated rings. The Morgan fingerprint density at radius 2 is 1.72 bits per heavy atom. The topological polar surface area (TPSA) is 55.1 Å². The van der Waals surface area contributed by atoms with Gasteiger partial charge < -0.3 is 11.1 Å². The second-order valence-corrected chi connectivity index (χ2v) is 4.21. The van der Waals surface area contributed by atoms with Gasteiger partial charge in [0.2, 0.25) is 0 Å². The van der Waals surface area contributed by atoms with Crippen LogP contribution in [0.3, 0.4) is 0 Å². The summed E-state index contributed by atoms with van der Waals surface area (Å²) in [6.07, 6.45) is 17.5. The summed E-state index contributed by atoms with van der Waals surface area (Å²) in [7, 11) is 0. The van der Waals surface area contributed by atoms with Crippen LogP contribution in [0.25, 0.3) is 0 Å². The quantitative estimate of drug-likeness (QED) is 0.677. The number of allylic oxidation sites excluding steroid dienone is 6. The van der Waals surface area contributed by atoms with Crippen LogP contribution in [0.15, 0.2) is 48.1 Å². The van der Waals surface area contributed by atoms with E-state index in [4.69, 9.17) is 5.73 Å². The van der Waals surface area contributed by atoms with Crippen molar-refractivity contribution in [3.63, 3.8) is 0 Å². The van der Waals surface area contributed by atoms with Gasteiger partial charge in [-0.1, -0.05) is 43.2 Å². The van der Waals surface area contributed by atoms with Gasteiger partial charge in [0.25, 0.3) is 5.91 Å². The molecule has 0 bridgehead atoms. The number of nitrogens with one attached hydrogen (secondary N) is 1. The zero-order valence-corrected chi connectivity index (χ0v) is 10.8. The zero-order chi connectivity index (χ0) is 13.1. The van der Waals surface area contributed by atoms with Gasteiger partial charge in [-0.15, -0.1) is 0 Å². The summed E-state index contributed by atoms with van der Waals surface area (Å²) >= 11 is 0. The normalized spacial score (nSPS) is 17.5. The molecule has 3 nitrogen and oxygen atoms in total. The van der Waals surface area contributed by atoms with Gasteiger partial charge in [0, 0.05) is 12.1 Å². The Bertz CT molecular complexity index is 365. The third kappa shape index (κ3) is 6.21. The summed E-state index contributed by atoms with van der Waals surface area (Å²) < 4.78 is 0. The van der Waals surface area contributed by atoms with Crippen LogP contribution in [0, 0.1) is 0 Å². The van der Waals surface area contributed by atoms with Gasteiger partial charge in [0.15, 0.2) is 0 Å². The number of rotatable bonds is 7. The van der Waals surface area contributed by atoms with Gasteiger partial charge in [-0.3, -0.25) is 4.79 Å². The van der Waals surface area contributed by atoms with Crippen molar-refractivity contribution < 1.29 is 4.79 Å². The van der Waals surface area contributed by atoms with Crippen LogP contribution in [0.2, 0.25) is 0 Å². The Morgan fingerprint density at radius 1 is 1.00 bits per heavy atom. The van der Waals surface area contributed by atoms with Crippen LogP contribution >= 0.6 is 0 Å². The first kappa shape index (κ1) is 14.5. The van der Waals surface area contributed by atoms with E-state index >= 15 is 0 Å². The van der Waals surface area contributed by atoms with Gasteiger partial charge in [-0.05, 0) is 31.5 Å². The lowest BCUT2D eigenvalue weighted by molar-refractivity contribution is -0.117. The zero-order valence-electron chi connectivity index (χ0n) is 10.8. The Morgan fingerprint density at radius 3 is 2.56 bits per heavy atom. The summed E-state index contributed by atoms with van der Waals surface area (Å²) in [5.41, 5.74) is 6.11. The minimum atomic E-state index is -0.00924. The van der Waals surface area contributed by atoms with Crippen LogP contribution in [-0.4, -0.2) is 19.0 Å². The Hall–Kier alpha value is -1.61. The molecule has 1 amide bonds. The predicted octanol–water partition coefficient (Wildman–Crippen LogP) is 2.23. The van der Waals surface area contributed by atoms with E-state index in [0.717, 1.165) is 38.8 Å². The summed E-state index contributed by atoms with van der Waals surface area (Å²) in [6, 6.07) is 0. The molecule has 3 heteroatoms. The maximum absolute atomic E-state index is 11.8. The van der Waals surface area contributed by atoms with Crippen LogP contribution in [0.4, 0.5) is 0 Å². The highest BCUT2D eigenvalue weighted by Crippen LogP contribution is 2.02. The van der Waals surface area contributed by atoms with E-state index in [9.17, 15) is 4.79 Å². The summed E-state index contributed by atoms with van der Waals surface area (Å²) in [4.78, 5) is 11.8. The fourth-order valence-corrected chi connectivity index (χ4v) is 1.64. The number of nitrogens with two attached hydrogens (primary N) is 1. The fraction of sp³-hybridized carbons (Fsp3) is 0.400. The fourth-order valence-electron chi connectivity index (χ4n) is 1.64. The Kier molecular flexibility index (Phi) is 7.57. The maximum Gasteiger partial charge on any atom is 0.251 e. The van der Waals surface area contributed by atoms with E-state index < -0.39 is 0 Å². The molecule has 0 spiro atoms. The minimum absolute atomic E-state index is 0.00924. The minimum Gasteiger partial charge on any atom is -0.352 e. The number of hydrogen-bond acceptors (Lipinski definition) is 2. The number of carbonyl (C=O) groups is 1. The molecule has 0 aliphatic heterocycles. The molecule has 1 aliphatic carbocycles. The second-order valence-electron chi connectivity index (χ2n) is 4.21. The number of amides is 1. The number of carbonyl (C=O) groups excluding carboxylic acids is 1. The summed E-state index contributed by atoms with van der Waals surface area (Å²) in [5.74, 6) is -0.00924. The molecule has 0 aromatic carbocycles. The highest BCUT2D eigenvalue weighted by atomic mass is 16.1. The van der Waals surface area contributed by atoms with Crippen molar-refractivity contribution in [2.24, 2.45) is 5.73 Å². The van der Waals surface area contributed by atoms with Crippen molar-refractivity contribution in [1.82, 2.24) is 5.32 Å². The molecular formula is C15H22N2O. The van der Waals surface area contributed by atoms with Gasteiger partial charge >= 0.3 is 0 Å². The van der Waals surface area contributed by atoms with Gasteiger partial charge in [-0.25, -0.2) is 0 Å². The van der Waals surface area contributed by atoms with Gasteiger partial charge in [-0.2, -0.15) is 0 Å². The lowest BCUT2D eigenvalue weighted by Gasteiger charge is -2.05. The average Bonchev–Trinajstić information content (AvgIpc) is 2.33. The van der Waals surface area contributed by atoms with Crippen molar-refractivity contribution in [3.05, 3.63) is 48.1 Å². The van der Waals surface area contributed by atoms with Crippen LogP contribution in [-0.2, 0) is 4.79 Å². The van der Waals surface area contributed by atoms with Crippen molar-refractivity contribution in [1.29, 1.82) is 0 Å². The molecule has 1 aliphatic rings. The first-order valence-electron chi connectivity index (χ1n) is 6.54. The van der Waals surface area contributed by atoms with Gasteiger partial charge in [0.05, 0.1) is 0 Å². The van der Waals surface area contributed by atoms with Crippen LogP contribution < -0.4 is 11.1 Å². The Labute approximate surface area is 109 Å². The van der Waals surface area contributed by atoms with Crippen molar-refractivity contribution in [2.45, 2.75) is 25.7 Å². The Balaban J connectivity index is 2.24. The monoisotopic (exact) mass is 246 g/mol. The smallest absolute Gasteiger partial charge is 0.251 e. The summed E-state index contributed by atoms with van der Waals surface area (Å²) in [6.45, 7) is 1.48. The third-order valence-electron chi connectivity index (χ3n) is 2.67. The van der Waals surface area contributed by atoms with E-state index in [0.29, 0.717) is 5.57 Å². The van der Waals surface area contributed by atoms with Crippen molar-refractivity contribution in [2.75, 3.05) is 13.1 Å². The van der Waals surface area contributed by atoms with Gasteiger partial charge in [0.1, 0.15) is 0 Å². The molecule has 0 saturated heterocycles. The van der Waals surface area contributed by atoms with E-state index in [1.54, 1.807) is 0 Å². The summed E-state index contributed by atoms with van der Waals surface area (Å²) in [5, 5.41) is 2.93. The highest BCUT2D eigenvalue weighted by Gasteiger charge is 2.04. The van der Waals surface area contributed by atoms with E-state index in [-0.39, 0.29) is 5.91 Å². The lowest BCUT2D eigenvalue weighted by atomic mass is 10.1. The molecule has 0 aromatic rings. The van der Waals surface area contributed by atoms with Crippen molar-refractivity contribution >= 4 is 5.91 Å². The molecule has 0 unspecified atom stereocenters. The maximum atomic E-state index is 11.8. The number of unbranched alkanes of at least 4 members (excludes halogenated alkanes) is 3. The molecule has 18 heavy (non-hydrogen) atoms. The molecule has 0 atom stereocenters. The van der Waals surface area contributed by atoms with E-state index in [1.165, 1.54) is 0 Å². The molecule has 0 radical (unpaired) electrons. The standard InChI is InChI=1S/C15H22N2O/c16-12-8-4-5-9-13-17-15(18)14-10-6-2-1-3-7-11-14/h1-3,6-7,10-11H,4-5,8-9,12-13,16H2,(H,17,18)/b2-1-,3-1?,6-2?,7-3-,10-6?,11-7?,14-10?,14-11?. The largest absolute Gasteiger partial charge is 0.352 e. The number of hydrogen-bond donors (Lipinski definition) is 2. The van der Waals surface area contributed by atoms with Crippen LogP contribution in [0.1, 0.15) is 25.7 Å². The second kappa shape index (κ2) is 9.42. The predicted molar refractivity (Wildman–Crippen MR) is 76.0 cm³/mol. The first-order chi connectivity index (χ1) is 8.84. The third-order valence-corrected chi connectivity index (χ3v) is 2.67. The molecule has 0 aromatic heterocycles. The molecule has 3 N–H and O–H groups in total. The van der Waals surface area contributed by atoms with Crippen LogP contribution in [0.5, 0.6) is 0 Å². The first-order valence-corrected chi connectivity index (χ1v) is 6.54. The molecule has 0 saturated carbocycles. The van der Waals surface area contributed by atoms with E-state index in [1.807, 2.05) is 42.5 Å². The molecular weight excluding hydrogens is 224 g/mol. The molecule has 1 rings (SSSR count). The highest BCUT2D eigenvalue weighted by molar-refractivity contribution is 5.96. The lowest BCUT2D eigenvalue weighted by Crippen LogP contribution is -2.25. The molecule has 98 valence electrons. The molecule has 0 heterocycles. The van der Waals surface area contributed by atoms with E-state index in [2.05, 4.69) is 5.32 Å². The van der Waals surface area contributed by atoms with Crippen molar-refractivity contribution in [3.8, 4) is 0 Å². The SMILES string of the molecule is NCCCCCCNC(=O)C1=C/C=C\C=C/C=C1. The average molecular weight is 246 g/mol.